The highest BCUT2D eigenvalue weighted by molar-refractivity contribution is 6.18. The SMILES string of the molecule is CCOc1cc(C=C2C(=O)OC(C)(C)OC2=O)ccc1OCc1cccc2ccccc12. The summed E-state index contributed by atoms with van der Waals surface area (Å²) in [7, 11) is 0. The van der Waals surface area contributed by atoms with E-state index in [1.807, 2.05) is 31.2 Å². The predicted molar refractivity (Wildman–Crippen MR) is 120 cm³/mol. The van der Waals surface area contributed by atoms with Gasteiger partial charge in [0.25, 0.3) is 5.79 Å². The molecular formula is C26H24O6. The van der Waals surface area contributed by atoms with E-state index in [2.05, 4.69) is 18.2 Å². The second-order valence-corrected chi connectivity index (χ2v) is 7.80. The maximum Gasteiger partial charge on any atom is 0.348 e. The van der Waals surface area contributed by atoms with Gasteiger partial charge in [0, 0.05) is 13.8 Å². The highest BCUT2D eigenvalue weighted by atomic mass is 16.7. The van der Waals surface area contributed by atoms with E-state index in [9.17, 15) is 9.59 Å². The van der Waals surface area contributed by atoms with Crippen LogP contribution in [-0.2, 0) is 25.7 Å². The van der Waals surface area contributed by atoms with Gasteiger partial charge in [0.05, 0.1) is 6.61 Å². The number of esters is 2. The summed E-state index contributed by atoms with van der Waals surface area (Å²) in [4.78, 5) is 24.4. The van der Waals surface area contributed by atoms with Crippen LogP contribution in [0.25, 0.3) is 16.8 Å². The second-order valence-electron chi connectivity index (χ2n) is 7.80. The molecule has 6 heteroatoms. The molecule has 0 amide bonds. The zero-order valence-electron chi connectivity index (χ0n) is 18.2. The zero-order chi connectivity index (χ0) is 22.7. The first-order valence-corrected chi connectivity index (χ1v) is 10.4. The molecule has 32 heavy (non-hydrogen) atoms. The lowest BCUT2D eigenvalue weighted by Gasteiger charge is -2.29. The third kappa shape index (κ3) is 4.59. The fraction of sp³-hybridized carbons (Fsp3) is 0.231. The van der Waals surface area contributed by atoms with Crippen molar-refractivity contribution in [1.82, 2.24) is 0 Å². The van der Waals surface area contributed by atoms with Crippen LogP contribution in [0.3, 0.4) is 0 Å². The Labute approximate surface area is 186 Å². The Balaban J connectivity index is 1.58. The average Bonchev–Trinajstić information content (AvgIpc) is 2.75. The summed E-state index contributed by atoms with van der Waals surface area (Å²) in [6.45, 7) is 5.69. The molecule has 0 saturated carbocycles. The Hall–Kier alpha value is -3.80. The number of benzene rings is 3. The molecule has 4 rings (SSSR count). The van der Waals surface area contributed by atoms with Crippen LogP contribution in [0.15, 0.2) is 66.2 Å². The largest absolute Gasteiger partial charge is 0.490 e. The van der Waals surface area contributed by atoms with Gasteiger partial charge in [0.15, 0.2) is 11.5 Å². The Morgan fingerprint density at radius 3 is 2.34 bits per heavy atom. The molecule has 0 N–H and O–H groups in total. The molecular weight excluding hydrogens is 408 g/mol. The van der Waals surface area contributed by atoms with Crippen LogP contribution < -0.4 is 9.47 Å². The third-order valence-electron chi connectivity index (χ3n) is 4.96. The number of cyclic esters (lactones) is 2. The lowest BCUT2D eigenvalue weighted by atomic mass is 10.1. The number of rotatable bonds is 6. The molecule has 1 aliphatic rings. The van der Waals surface area contributed by atoms with E-state index in [4.69, 9.17) is 18.9 Å². The standard InChI is InChI=1S/C26H24O6/c1-4-29-23-15-17(14-21-24(27)31-26(2,3)32-25(21)28)12-13-22(23)30-16-19-10-7-9-18-8-5-6-11-20(18)19/h5-15H,4,16H2,1-3H3. The molecule has 1 saturated heterocycles. The van der Waals surface area contributed by atoms with E-state index in [1.54, 1.807) is 18.2 Å². The quantitative estimate of drug-likeness (QED) is 0.309. The summed E-state index contributed by atoms with van der Waals surface area (Å²) < 4.78 is 22.1. The van der Waals surface area contributed by atoms with Crippen molar-refractivity contribution in [3.8, 4) is 11.5 Å². The predicted octanol–water partition coefficient (Wildman–Crippen LogP) is 5.04. The van der Waals surface area contributed by atoms with Crippen molar-refractivity contribution in [1.29, 1.82) is 0 Å². The molecule has 1 fully saturated rings. The summed E-state index contributed by atoms with van der Waals surface area (Å²) in [6.07, 6.45) is 1.43. The molecule has 1 aliphatic heterocycles. The van der Waals surface area contributed by atoms with Gasteiger partial charge in [-0.05, 0) is 47.0 Å². The van der Waals surface area contributed by atoms with Crippen LogP contribution in [0.5, 0.6) is 11.5 Å². The lowest BCUT2D eigenvalue weighted by molar-refractivity contribution is -0.222. The smallest absolute Gasteiger partial charge is 0.348 e. The minimum absolute atomic E-state index is 0.170. The highest BCUT2D eigenvalue weighted by Crippen LogP contribution is 2.32. The fourth-order valence-corrected chi connectivity index (χ4v) is 3.52. The van der Waals surface area contributed by atoms with E-state index in [1.165, 1.54) is 19.9 Å². The van der Waals surface area contributed by atoms with Crippen LogP contribution in [0.1, 0.15) is 31.9 Å². The van der Waals surface area contributed by atoms with Crippen molar-refractivity contribution in [2.45, 2.75) is 33.2 Å². The van der Waals surface area contributed by atoms with Gasteiger partial charge in [-0.15, -0.1) is 0 Å². The molecule has 164 valence electrons. The normalized spacial score (nSPS) is 15.2. The Bertz CT molecular complexity index is 1180. The van der Waals surface area contributed by atoms with Gasteiger partial charge in [-0.3, -0.25) is 0 Å². The highest BCUT2D eigenvalue weighted by Gasteiger charge is 2.38. The molecule has 0 unspecified atom stereocenters. The van der Waals surface area contributed by atoms with Crippen LogP contribution in [0.2, 0.25) is 0 Å². The van der Waals surface area contributed by atoms with Crippen molar-refractivity contribution in [3.63, 3.8) is 0 Å². The molecule has 3 aromatic carbocycles. The Morgan fingerprint density at radius 1 is 0.875 bits per heavy atom. The summed E-state index contributed by atoms with van der Waals surface area (Å²) in [5.74, 6) is -1.64. The maximum absolute atomic E-state index is 12.2. The molecule has 3 aromatic rings. The molecule has 0 bridgehead atoms. The van der Waals surface area contributed by atoms with Gasteiger partial charge >= 0.3 is 11.9 Å². The van der Waals surface area contributed by atoms with E-state index in [0.29, 0.717) is 30.3 Å². The third-order valence-corrected chi connectivity index (χ3v) is 4.96. The van der Waals surface area contributed by atoms with Crippen molar-refractivity contribution in [2.75, 3.05) is 6.61 Å². The first-order valence-electron chi connectivity index (χ1n) is 10.4. The van der Waals surface area contributed by atoms with Crippen LogP contribution in [0, 0.1) is 0 Å². The minimum Gasteiger partial charge on any atom is -0.490 e. The van der Waals surface area contributed by atoms with Crippen molar-refractivity contribution >= 4 is 28.8 Å². The van der Waals surface area contributed by atoms with Crippen molar-refractivity contribution in [3.05, 3.63) is 77.4 Å². The van der Waals surface area contributed by atoms with Gasteiger partial charge in [0.2, 0.25) is 0 Å². The number of carbonyl (C=O) groups is 2. The molecule has 1 heterocycles. The first kappa shape index (κ1) is 21.4. The monoisotopic (exact) mass is 432 g/mol. The zero-order valence-corrected chi connectivity index (χ0v) is 18.2. The summed E-state index contributed by atoms with van der Waals surface area (Å²) in [5.41, 5.74) is 1.48. The van der Waals surface area contributed by atoms with Gasteiger partial charge in [0.1, 0.15) is 12.2 Å². The van der Waals surface area contributed by atoms with Crippen molar-refractivity contribution < 1.29 is 28.5 Å². The lowest BCUT2D eigenvalue weighted by Crippen LogP contribution is -2.41. The molecule has 0 atom stereocenters. The number of carbonyl (C=O) groups excluding carboxylic acids is 2. The maximum atomic E-state index is 12.2. The molecule has 0 aromatic heterocycles. The summed E-state index contributed by atoms with van der Waals surface area (Å²) in [5, 5.41) is 2.28. The van der Waals surface area contributed by atoms with E-state index >= 15 is 0 Å². The number of ether oxygens (including phenoxy) is 4. The average molecular weight is 432 g/mol. The van der Waals surface area contributed by atoms with Gasteiger partial charge in [-0.2, -0.15) is 0 Å². The van der Waals surface area contributed by atoms with E-state index < -0.39 is 17.7 Å². The number of hydrogen-bond donors (Lipinski definition) is 0. The topological polar surface area (TPSA) is 71.1 Å². The number of fused-ring (bicyclic) bond motifs is 1. The molecule has 0 spiro atoms. The second kappa shape index (κ2) is 8.75. The molecule has 0 aliphatic carbocycles. The Morgan fingerprint density at radius 2 is 1.59 bits per heavy atom. The summed E-state index contributed by atoms with van der Waals surface area (Å²) >= 11 is 0. The van der Waals surface area contributed by atoms with Gasteiger partial charge < -0.3 is 18.9 Å². The molecule has 6 nitrogen and oxygen atoms in total. The first-order chi connectivity index (χ1) is 15.4. The fourth-order valence-electron chi connectivity index (χ4n) is 3.52. The Kier molecular flexibility index (Phi) is 5.86. The summed E-state index contributed by atoms with van der Waals surface area (Å²) in [6, 6.07) is 19.5. The van der Waals surface area contributed by atoms with Gasteiger partial charge in [-0.1, -0.05) is 48.5 Å². The van der Waals surface area contributed by atoms with Crippen LogP contribution in [-0.4, -0.2) is 24.3 Å². The number of hydrogen-bond acceptors (Lipinski definition) is 6. The van der Waals surface area contributed by atoms with Gasteiger partial charge in [-0.25, -0.2) is 9.59 Å². The van der Waals surface area contributed by atoms with E-state index in [0.717, 1.165) is 16.3 Å². The van der Waals surface area contributed by atoms with Crippen molar-refractivity contribution in [2.24, 2.45) is 0 Å². The van der Waals surface area contributed by atoms with E-state index in [-0.39, 0.29) is 5.57 Å². The molecule has 0 radical (unpaired) electrons. The van der Waals surface area contributed by atoms with Crippen LogP contribution >= 0.6 is 0 Å². The minimum atomic E-state index is -1.28. The van der Waals surface area contributed by atoms with Crippen LogP contribution in [0.4, 0.5) is 0 Å².